The summed E-state index contributed by atoms with van der Waals surface area (Å²) in [6.07, 6.45) is 6.82. The summed E-state index contributed by atoms with van der Waals surface area (Å²) in [5.41, 5.74) is 0. The minimum absolute atomic E-state index is 0.464. The summed E-state index contributed by atoms with van der Waals surface area (Å²) in [4.78, 5) is 13.5. The van der Waals surface area contributed by atoms with Gasteiger partial charge in [-0.1, -0.05) is 6.42 Å². The molecule has 0 radical (unpaired) electrons. The van der Waals surface area contributed by atoms with Gasteiger partial charge in [0.05, 0.1) is 0 Å². The Morgan fingerprint density at radius 3 is 2.42 bits per heavy atom. The molecule has 2 rings (SSSR count). The maximum absolute atomic E-state index is 11.1. The Hall–Kier alpha value is -0.370. The van der Waals surface area contributed by atoms with E-state index in [1.54, 1.807) is 0 Å². The van der Waals surface area contributed by atoms with E-state index >= 15 is 0 Å². The Balaban J connectivity index is 1.86. The lowest BCUT2D eigenvalue weighted by molar-refractivity contribution is -0.117. The molecule has 0 aromatic carbocycles. The van der Waals surface area contributed by atoms with Crippen LogP contribution in [0.5, 0.6) is 0 Å². The van der Waals surface area contributed by atoms with Crippen molar-refractivity contribution >= 4 is 5.78 Å². The average Bonchev–Trinajstić information content (AvgIpc) is 2.31. The number of carbonyl (C=O) groups is 1. The van der Waals surface area contributed by atoms with Crippen molar-refractivity contribution in [2.45, 2.75) is 50.6 Å². The highest BCUT2D eigenvalue weighted by Gasteiger charge is 2.31. The standard InChI is InChI=1S/C10H17NO/c1-11(8-3-2-4-8)9-5-6-10(12)7-9/h8-9H,2-7H2,1H3. The van der Waals surface area contributed by atoms with E-state index in [2.05, 4.69) is 11.9 Å². The van der Waals surface area contributed by atoms with E-state index in [0.717, 1.165) is 25.3 Å². The summed E-state index contributed by atoms with van der Waals surface area (Å²) in [6, 6.07) is 1.36. The Bertz CT molecular complexity index is 186. The topological polar surface area (TPSA) is 20.3 Å². The SMILES string of the molecule is CN(C1CCC1)C1CCC(=O)C1. The van der Waals surface area contributed by atoms with E-state index in [-0.39, 0.29) is 0 Å². The summed E-state index contributed by atoms with van der Waals surface area (Å²) in [5, 5.41) is 0. The van der Waals surface area contributed by atoms with Crippen molar-refractivity contribution in [1.82, 2.24) is 4.90 Å². The van der Waals surface area contributed by atoms with Gasteiger partial charge in [-0.25, -0.2) is 0 Å². The second-order valence-corrected chi connectivity index (χ2v) is 4.19. The predicted molar refractivity (Wildman–Crippen MR) is 48.0 cm³/mol. The van der Waals surface area contributed by atoms with Gasteiger partial charge in [0.1, 0.15) is 5.78 Å². The van der Waals surface area contributed by atoms with Crippen molar-refractivity contribution in [3.05, 3.63) is 0 Å². The predicted octanol–water partition coefficient (Wildman–Crippen LogP) is 1.59. The lowest BCUT2D eigenvalue weighted by Crippen LogP contribution is -2.42. The molecule has 0 aliphatic heterocycles. The molecule has 68 valence electrons. The molecule has 1 unspecified atom stereocenters. The Labute approximate surface area is 73.9 Å². The minimum Gasteiger partial charge on any atom is -0.300 e. The molecule has 0 aromatic rings. The van der Waals surface area contributed by atoms with Crippen LogP contribution in [0.1, 0.15) is 38.5 Å². The zero-order valence-electron chi connectivity index (χ0n) is 7.75. The number of carbonyl (C=O) groups excluding carboxylic acids is 1. The molecule has 0 spiro atoms. The highest BCUT2D eigenvalue weighted by Crippen LogP contribution is 2.29. The van der Waals surface area contributed by atoms with Gasteiger partial charge in [-0.3, -0.25) is 4.79 Å². The van der Waals surface area contributed by atoms with E-state index in [1.807, 2.05) is 0 Å². The van der Waals surface area contributed by atoms with Gasteiger partial charge in [0.15, 0.2) is 0 Å². The first-order valence-electron chi connectivity index (χ1n) is 5.01. The molecular weight excluding hydrogens is 150 g/mol. The monoisotopic (exact) mass is 167 g/mol. The molecule has 12 heavy (non-hydrogen) atoms. The second-order valence-electron chi connectivity index (χ2n) is 4.19. The van der Waals surface area contributed by atoms with E-state index in [9.17, 15) is 4.79 Å². The summed E-state index contributed by atoms with van der Waals surface area (Å²) in [6.45, 7) is 0. The van der Waals surface area contributed by atoms with Gasteiger partial charge < -0.3 is 4.90 Å². The number of ketones is 1. The van der Waals surface area contributed by atoms with Crippen molar-refractivity contribution in [3.63, 3.8) is 0 Å². The molecule has 0 heterocycles. The van der Waals surface area contributed by atoms with Crippen LogP contribution < -0.4 is 0 Å². The van der Waals surface area contributed by atoms with E-state index in [4.69, 9.17) is 0 Å². The zero-order chi connectivity index (χ0) is 8.55. The Kier molecular flexibility index (Phi) is 2.18. The molecule has 1 atom stereocenters. The number of hydrogen-bond donors (Lipinski definition) is 0. The molecule has 2 saturated carbocycles. The van der Waals surface area contributed by atoms with Gasteiger partial charge in [0, 0.05) is 24.9 Å². The molecule has 0 N–H and O–H groups in total. The van der Waals surface area contributed by atoms with Crippen LogP contribution >= 0.6 is 0 Å². The molecule has 2 nitrogen and oxygen atoms in total. The number of hydrogen-bond acceptors (Lipinski definition) is 2. The summed E-state index contributed by atoms with van der Waals surface area (Å²) >= 11 is 0. The fourth-order valence-electron chi connectivity index (χ4n) is 2.23. The fourth-order valence-corrected chi connectivity index (χ4v) is 2.23. The van der Waals surface area contributed by atoms with Gasteiger partial charge in [-0.2, -0.15) is 0 Å². The van der Waals surface area contributed by atoms with Crippen molar-refractivity contribution in [2.24, 2.45) is 0 Å². The van der Waals surface area contributed by atoms with Crippen LogP contribution in [0.3, 0.4) is 0 Å². The first-order valence-corrected chi connectivity index (χ1v) is 5.01. The zero-order valence-corrected chi connectivity index (χ0v) is 7.75. The maximum Gasteiger partial charge on any atom is 0.134 e. The van der Waals surface area contributed by atoms with Crippen LogP contribution in [-0.2, 0) is 4.79 Å². The third kappa shape index (κ3) is 1.40. The molecule has 2 heteroatoms. The number of rotatable bonds is 2. The van der Waals surface area contributed by atoms with Gasteiger partial charge >= 0.3 is 0 Å². The normalized spacial score (nSPS) is 31.2. The third-order valence-electron chi connectivity index (χ3n) is 3.45. The van der Waals surface area contributed by atoms with E-state index in [1.165, 1.54) is 19.3 Å². The van der Waals surface area contributed by atoms with Crippen molar-refractivity contribution in [3.8, 4) is 0 Å². The third-order valence-corrected chi connectivity index (χ3v) is 3.45. The van der Waals surface area contributed by atoms with Gasteiger partial charge in [-0.15, -0.1) is 0 Å². The van der Waals surface area contributed by atoms with Crippen molar-refractivity contribution in [2.75, 3.05) is 7.05 Å². The lowest BCUT2D eigenvalue weighted by Gasteiger charge is -2.38. The highest BCUT2D eigenvalue weighted by molar-refractivity contribution is 5.81. The lowest BCUT2D eigenvalue weighted by atomic mass is 9.90. The van der Waals surface area contributed by atoms with Crippen LogP contribution in [0, 0.1) is 0 Å². The molecule has 0 bridgehead atoms. The summed E-state index contributed by atoms with van der Waals surface area (Å²) in [7, 11) is 2.19. The molecule has 0 amide bonds. The van der Waals surface area contributed by atoms with Crippen LogP contribution in [0.25, 0.3) is 0 Å². The average molecular weight is 167 g/mol. The van der Waals surface area contributed by atoms with Crippen LogP contribution in [0.4, 0.5) is 0 Å². The van der Waals surface area contributed by atoms with Gasteiger partial charge in [0.2, 0.25) is 0 Å². The quantitative estimate of drug-likeness (QED) is 0.622. The smallest absolute Gasteiger partial charge is 0.134 e. The molecule has 2 aliphatic rings. The highest BCUT2D eigenvalue weighted by atomic mass is 16.1. The van der Waals surface area contributed by atoms with Crippen molar-refractivity contribution in [1.29, 1.82) is 0 Å². The molecule has 0 saturated heterocycles. The fraction of sp³-hybridized carbons (Fsp3) is 0.900. The largest absolute Gasteiger partial charge is 0.300 e. The molecule has 2 aliphatic carbocycles. The summed E-state index contributed by atoms with van der Waals surface area (Å²) in [5.74, 6) is 0.464. The molecule has 2 fully saturated rings. The van der Waals surface area contributed by atoms with Crippen LogP contribution in [-0.4, -0.2) is 29.8 Å². The first kappa shape index (κ1) is 8.24. The van der Waals surface area contributed by atoms with Crippen LogP contribution in [0.2, 0.25) is 0 Å². The summed E-state index contributed by atoms with van der Waals surface area (Å²) < 4.78 is 0. The molecular formula is C10H17NO. The van der Waals surface area contributed by atoms with Gasteiger partial charge in [-0.05, 0) is 26.3 Å². The first-order chi connectivity index (χ1) is 5.77. The van der Waals surface area contributed by atoms with E-state index in [0.29, 0.717) is 11.8 Å². The second kappa shape index (κ2) is 3.17. The maximum atomic E-state index is 11.1. The minimum atomic E-state index is 0.464. The Morgan fingerprint density at radius 2 is 2.00 bits per heavy atom. The van der Waals surface area contributed by atoms with E-state index < -0.39 is 0 Å². The van der Waals surface area contributed by atoms with Crippen LogP contribution in [0.15, 0.2) is 0 Å². The molecule has 0 aromatic heterocycles. The van der Waals surface area contributed by atoms with Gasteiger partial charge in [0.25, 0.3) is 0 Å². The number of Topliss-reactive ketones (excluding diaryl/α,β-unsaturated/α-hetero) is 1. The van der Waals surface area contributed by atoms with Crippen molar-refractivity contribution < 1.29 is 4.79 Å². The Morgan fingerprint density at radius 1 is 1.25 bits per heavy atom. The number of nitrogens with zero attached hydrogens (tertiary/aromatic N) is 1.